The second-order valence-corrected chi connectivity index (χ2v) is 13.0. The first kappa shape index (κ1) is 32.6. The van der Waals surface area contributed by atoms with E-state index in [1.807, 2.05) is 0 Å². The minimum absolute atomic E-state index is 0.983. The molecule has 0 spiro atoms. The molecule has 35 heavy (non-hydrogen) atoms. The van der Waals surface area contributed by atoms with Crippen LogP contribution in [0, 0.1) is 0 Å². The molecule has 0 radical (unpaired) electrons. The molecule has 0 bridgehead atoms. The van der Waals surface area contributed by atoms with Crippen LogP contribution in [0.25, 0.3) is 0 Å². The lowest BCUT2D eigenvalue weighted by Crippen LogP contribution is -2.35. The van der Waals surface area contributed by atoms with Crippen molar-refractivity contribution in [1.82, 2.24) is 9.80 Å². The molecule has 1 saturated heterocycles. The zero-order valence-electron chi connectivity index (χ0n) is 24.1. The average molecular weight is 515 g/mol. The Kier molecular flexibility index (Phi) is 20.2. The Hall–Kier alpha value is -0.380. The van der Waals surface area contributed by atoms with Crippen LogP contribution in [0.3, 0.4) is 0 Å². The SMILES string of the molecule is CCCCCCCCCCCCN1CCN(CCCCCCCCCCCC)C1=N[P+](C)(O)OC. The van der Waals surface area contributed by atoms with E-state index in [9.17, 15) is 4.89 Å². The molecular formula is C29H61N3O2P+. The van der Waals surface area contributed by atoms with Gasteiger partial charge in [-0.25, -0.2) is 0 Å². The average Bonchev–Trinajstić information content (AvgIpc) is 3.22. The van der Waals surface area contributed by atoms with Crippen molar-refractivity contribution < 1.29 is 9.42 Å². The fourth-order valence-corrected chi connectivity index (χ4v) is 5.65. The number of nitrogens with zero attached hydrogens (tertiary/aromatic N) is 3. The Labute approximate surface area is 220 Å². The summed E-state index contributed by atoms with van der Waals surface area (Å²) < 4.78 is 10.1. The van der Waals surface area contributed by atoms with Crippen LogP contribution in [-0.4, -0.2) is 60.6 Å². The molecule has 1 aliphatic rings. The minimum Gasteiger partial charge on any atom is -0.338 e. The normalized spacial score (nSPS) is 15.7. The van der Waals surface area contributed by atoms with Crippen LogP contribution in [0.2, 0.25) is 0 Å². The molecule has 1 heterocycles. The molecular weight excluding hydrogens is 453 g/mol. The highest BCUT2D eigenvalue weighted by Gasteiger charge is 2.36. The standard InChI is InChI=1S/C29H61N3O2P/c1-5-7-9-11-13-15-17-19-21-23-25-31-27-28-32(29(31)30-35(4,33)34-3)26-24-22-20-18-16-14-12-10-8-6-2/h33H,5-28H2,1-4H3/q+1. The molecule has 1 N–H and O–H groups in total. The molecule has 1 aliphatic heterocycles. The highest BCUT2D eigenvalue weighted by Crippen LogP contribution is 2.53. The number of hydrogen-bond acceptors (Lipinski definition) is 3. The summed E-state index contributed by atoms with van der Waals surface area (Å²) in [5.41, 5.74) is 0. The van der Waals surface area contributed by atoms with E-state index in [1.165, 1.54) is 128 Å². The maximum absolute atomic E-state index is 10.6. The Morgan fingerprint density at radius 1 is 0.629 bits per heavy atom. The van der Waals surface area contributed by atoms with Gasteiger partial charge in [0.1, 0.15) is 6.66 Å². The number of guanidine groups is 1. The molecule has 1 fully saturated rings. The number of hydrogen-bond donors (Lipinski definition) is 1. The summed E-state index contributed by atoms with van der Waals surface area (Å²) in [6.45, 7) is 10.5. The molecule has 0 aromatic heterocycles. The van der Waals surface area contributed by atoms with Gasteiger partial charge in [0.15, 0.2) is 0 Å². The van der Waals surface area contributed by atoms with Crippen LogP contribution in [-0.2, 0) is 4.52 Å². The van der Waals surface area contributed by atoms with E-state index in [1.54, 1.807) is 13.8 Å². The zero-order valence-corrected chi connectivity index (χ0v) is 25.0. The second kappa shape index (κ2) is 21.7. The Bertz CT molecular complexity index is 482. The molecule has 1 rings (SSSR count). The first-order valence-electron chi connectivity index (χ1n) is 15.3. The highest BCUT2D eigenvalue weighted by molar-refractivity contribution is 7.63. The van der Waals surface area contributed by atoms with Gasteiger partial charge in [-0.1, -0.05) is 129 Å². The van der Waals surface area contributed by atoms with Crippen LogP contribution in [0.1, 0.15) is 142 Å². The van der Waals surface area contributed by atoms with Crippen LogP contribution >= 0.6 is 7.87 Å². The lowest BCUT2D eigenvalue weighted by Gasteiger charge is -2.23. The van der Waals surface area contributed by atoms with Crippen molar-refractivity contribution in [3.8, 4) is 0 Å². The van der Waals surface area contributed by atoms with Gasteiger partial charge < -0.3 is 9.80 Å². The quantitative estimate of drug-likeness (QED) is 0.103. The van der Waals surface area contributed by atoms with Gasteiger partial charge in [0.2, 0.25) is 5.96 Å². The maximum atomic E-state index is 10.6. The first-order valence-corrected chi connectivity index (χ1v) is 17.3. The van der Waals surface area contributed by atoms with Crippen molar-refractivity contribution in [2.45, 2.75) is 142 Å². The van der Waals surface area contributed by atoms with Crippen molar-refractivity contribution in [2.75, 3.05) is 40.0 Å². The topological polar surface area (TPSA) is 48.3 Å². The summed E-state index contributed by atoms with van der Waals surface area (Å²) in [5, 5.41) is 0. The van der Waals surface area contributed by atoms with E-state index >= 15 is 0 Å². The third-order valence-electron chi connectivity index (χ3n) is 7.39. The predicted molar refractivity (Wildman–Crippen MR) is 156 cm³/mol. The van der Waals surface area contributed by atoms with Gasteiger partial charge in [0, 0.05) is 26.2 Å². The van der Waals surface area contributed by atoms with E-state index in [-0.39, 0.29) is 0 Å². The van der Waals surface area contributed by atoms with Gasteiger partial charge in [-0.05, 0) is 17.6 Å². The Morgan fingerprint density at radius 2 is 0.943 bits per heavy atom. The van der Waals surface area contributed by atoms with Gasteiger partial charge in [-0.2, -0.15) is 9.42 Å². The maximum Gasteiger partial charge on any atom is 0.391 e. The molecule has 0 aromatic carbocycles. The summed E-state index contributed by atoms with van der Waals surface area (Å²) in [6, 6.07) is 0. The van der Waals surface area contributed by atoms with Crippen molar-refractivity contribution >= 4 is 13.8 Å². The second-order valence-electron chi connectivity index (χ2n) is 10.8. The first-order chi connectivity index (χ1) is 17.0. The Morgan fingerprint density at radius 3 is 1.26 bits per heavy atom. The van der Waals surface area contributed by atoms with Crippen LogP contribution in [0.4, 0.5) is 0 Å². The van der Waals surface area contributed by atoms with Crippen LogP contribution in [0.15, 0.2) is 4.76 Å². The van der Waals surface area contributed by atoms with Crippen LogP contribution in [0.5, 0.6) is 0 Å². The summed E-state index contributed by atoms with van der Waals surface area (Å²) in [4.78, 5) is 15.4. The molecule has 1 atom stereocenters. The lowest BCUT2D eigenvalue weighted by molar-refractivity contribution is 0.368. The number of unbranched alkanes of at least 4 members (excludes halogenated alkanes) is 18. The zero-order chi connectivity index (χ0) is 25.6. The van der Waals surface area contributed by atoms with Crippen molar-refractivity contribution in [3.63, 3.8) is 0 Å². The van der Waals surface area contributed by atoms with Gasteiger partial charge in [0.05, 0.1) is 7.11 Å². The summed E-state index contributed by atoms with van der Waals surface area (Å²) >= 11 is 0. The largest absolute Gasteiger partial charge is 0.391 e. The predicted octanol–water partition coefficient (Wildman–Crippen LogP) is 8.83. The van der Waals surface area contributed by atoms with E-state index in [0.29, 0.717) is 0 Å². The van der Waals surface area contributed by atoms with E-state index in [0.717, 1.165) is 32.1 Å². The summed E-state index contributed by atoms with van der Waals surface area (Å²) in [7, 11) is -1.10. The summed E-state index contributed by atoms with van der Waals surface area (Å²) in [5.74, 6) is 0.983. The van der Waals surface area contributed by atoms with Gasteiger partial charge in [-0.15, -0.1) is 0 Å². The molecule has 0 aliphatic carbocycles. The van der Waals surface area contributed by atoms with E-state index in [2.05, 4.69) is 23.6 Å². The fraction of sp³-hybridized carbons (Fsp3) is 0.966. The smallest absolute Gasteiger partial charge is 0.338 e. The van der Waals surface area contributed by atoms with Crippen LogP contribution < -0.4 is 0 Å². The lowest BCUT2D eigenvalue weighted by atomic mass is 10.1. The van der Waals surface area contributed by atoms with E-state index < -0.39 is 7.87 Å². The highest BCUT2D eigenvalue weighted by atomic mass is 31.2. The van der Waals surface area contributed by atoms with Gasteiger partial charge in [-0.3, -0.25) is 0 Å². The van der Waals surface area contributed by atoms with E-state index in [4.69, 9.17) is 9.29 Å². The van der Waals surface area contributed by atoms with Crippen molar-refractivity contribution in [2.24, 2.45) is 4.76 Å². The molecule has 1 unspecified atom stereocenters. The molecule has 0 aromatic rings. The molecule has 0 saturated carbocycles. The molecule has 6 heteroatoms. The fourth-order valence-electron chi connectivity index (χ4n) is 4.98. The summed E-state index contributed by atoms with van der Waals surface area (Å²) in [6.07, 6.45) is 27.2. The van der Waals surface area contributed by atoms with Gasteiger partial charge >= 0.3 is 7.87 Å². The third-order valence-corrected chi connectivity index (χ3v) is 8.63. The monoisotopic (exact) mass is 514 g/mol. The molecule has 5 nitrogen and oxygen atoms in total. The molecule has 0 amide bonds. The van der Waals surface area contributed by atoms with Crippen molar-refractivity contribution in [1.29, 1.82) is 0 Å². The van der Waals surface area contributed by atoms with Crippen molar-refractivity contribution in [3.05, 3.63) is 0 Å². The minimum atomic E-state index is -2.67. The molecule has 208 valence electrons. The third kappa shape index (κ3) is 16.9. The Balaban J connectivity index is 2.27. The number of rotatable bonds is 24. The van der Waals surface area contributed by atoms with Gasteiger partial charge in [0.25, 0.3) is 0 Å².